The second kappa shape index (κ2) is 2.44. The van der Waals surface area contributed by atoms with Crippen LogP contribution in [0, 0.1) is 0 Å². The number of hydrogen-bond donors (Lipinski definition) is 1. The molecule has 0 fully saturated rings. The summed E-state index contributed by atoms with van der Waals surface area (Å²) in [5, 5.41) is 3.78. The Hall–Kier alpha value is -1.64. The number of nitrogens with zero attached hydrogens (tertiary/aromatic N) is 1. The first kappa shape index (κ1) is 7.03. The van der Waals surface area contributed by atoms with Crippen molar-refractivity contribution < 1.29 is 4.68 Å². The number of rotatable bonds is 0. The molecule has 1 heterocycles. The van der Waals surface area contributed by atoms with Crippen LogP contribution in [-0.4, -0.2) is 5.10 Å². The van der Waals surface area contributed by atoms with Crippen molar-refractivity contribution >= 4 is 10.9 Å². The van der Waals surface area contributed by atoms with Crippen molar-refractivity contribution in [2.45, 2.75) is 0 Å². The number of para-hydroxylation sites is 1. The maximum absolute atomic E-state index is 11.4. The minimum atomic E-state index is 0.0480. The van der Waals surface area contributed by atoms with Crippen molar-refractivity contribution in [1.29, 1.82) is 0 Å². The molecule has 0 saturated carbocycles. The zero-order valence-electron chi connectivity index (χ0n) is 6.74. The summed E-state index contributed by atoms with van der Waals surface area (Å²) in [6.07, 6.45) is 1.53. The molecule has 0 aliphatic carbocycles. The molecule has 1 aromatic carbocycles. The first-order valence-electron chi connectivity index (χ1n) is 3.75. The molecule has 3 nitrogen and oxygen atoms in total. The molecule has 0 spiro atoms. The summed E-state index contributed by atoms with van der Waals surface area (Å²) >= 11 is 0. The van der Waals surface area contributed by atoms with E-state index in [1.807, 2.05) is 24.3 Å². The Morgan fingerprint density at radius 1 is 1.33 bits per heavy atom. The molecule has 2 rings (SSSR count). The lowest BCUT2D eigenvalue weighted by Gasteiger charge is -1.92. The van der Waals surface area contributed by atoms with E-state index in [1.54, 1.807) is 11.7 Å². The van der Waals surface area contributed by atoms with Gasteiger partial charge in [-0.1, -0.05) is 12.1 Å². The molecule has 3 heteroatoms. The predicted molar refractivity (Wildman–Crippen MR) is 45.7 cm³/mol. The SMILES string of the molecule is C[n+]1cc(=O)c2ccccc2[nH]1. The van der Waals surface area contributed by atoms with Crippen molar-refractivity contribution in [3.63, 3.8) is 0 Å². The molecule has 12 heavy (non-hydrogen) atoms. The summed E-state index contributed by atoms with van der Waals surface area (Å²) in [6, 6.07) is 7.46. The monoisotopic (exact) mass is 161 g/mol. The van der Waals surface area contributed by atoms with Crippen LogP contribution in [0.1, 0.15) is 0 Å². The molecule has 0 saturated heterocycles. The molecule has 0 amide bonds. The van der Waals surface area contributed by atoms with Gasteiger partial charge in [0.25, 0.3) is 5.43 Å². The van der Waals surface area contributed by atoms with Crippen LogP contribution in [0.4, 0.5) is 0 Å². The van der Waals surface area contributed by atoms with E-state index in [2.05, 4.69) is 5.10 Å². The molecule has 60 valence electrons. The van der Waals surface area contributed by atoms with Crippen molar-refractivity contribution in [1.82, 2.24) is 5.10 Å². The number of aromatic nitrogens is 2. The molecule has 1 aromatic heterocycles. The third-order valence-corrected chi connectivity index (χ3v) is 1.80. The molecular formula is C9H9N2O+. The maximum Gasteiger partial charge on any atom is 0.253 e. The number of nitrogens with one attached hydrogen (secondary N) is 1. The number of aromatic amines is 1. The van der Waals surface area contributed by atoms with Gasteiger partial charge in [-0.25, -0.2) is 0 Å². The molecule has 0 atom stereocenters. The largest absolute Gasteiger partial charge is 0.282 e. The number of benzene rings is 1. The third-order valence-electron chi connectivity index (χ3n) is 1.80. The Morgan fingerprint density at radius 3 is 2.92 bits per heavy atom. The van der Waals surface area contributed by atoms with Crippen LogP contribution in [0.2, 0.25) is 0 Å². The van der Waals surface area contributed by atoms with Gasteiger partial charge in [-0.3, -0.25) is 4.79 Å². The van der Waals surface area contributed by atoms with Crippen LogP contribution >= 0.6 is 0 Å². The fourth-order valence-corrected chi connectivity index (χ4v) is 1.26. The van der Waals surface area contributed by atoms with E-state index in [4.69, 9.17) is 0 Å². The Morgan fingerprint density at radius 2 is 2.08 bits per heavy atom. The second-order valence-corrected chi connectivity index (χ2v) is 2.76. The van der Waals surface area contributed by atoms with E-state index in [9.17, 15) is 4.79 Å². The van der Waals surface area contributed by atoms with Gasteiger partial charge in [0, 0.05) is 0 Å². The van der Waals surface area contributed by atoms with E-state index in [1.165, 1.54) is 6.20 Å². The van der Waals surface area contributed by atoms with Gasteiger partial charge in [-0.05, 0) is 12.1 Å². The number of H-pyrrole nitrogens is 1. The number of aryl methyl sites for hydroxylation is 1. The summed E-state index contributed by atoms with van der Waals surface area (Å²) in [4.78, 5) is 11.4. The van der Waals surface area contributed by atoms with Crippen LogP contribution in [0.5, 0.6) is 0 Å². The van der Waals surface area contributed by atoms with E-state index in [-0.39, 0.29) is 5.43 Å². The van der Waals surface area contributed by atoms with Gasteiger partial charge in [-0.2, -0.15) is 5.10 Å². The fraction of sp³-hybridized carbons (Fsp3) is 0.111. The van der Waals surface area contributed by atoms with E-state index < -0.39 is 0 Å². The highest BCUT2D eigenvalue weighted by Gasteiger charge is 2.01. The van der Waals surface area contributed by atoms with E-state index in [0.717, 1.165) is 10.9 Å². The molecule has 0 radical (unpaired) electrons. The van der Waals surface area contributed by atoms with Crippen LogP contribution in [-0.2, 0) is 7.05 Å². The summed E-state index contributed by atoms with van der Waals surface area (Å²) in [5.74, 6) is 0. The van der Waals surface area contributed by atoms with E-state index in [0.29, 0.717) is 0 Å². The average Bonchev–Trinajstić information content (AvgIpc) is 2.04. The summed E-state index contributed by atoms with van der Waals surface area (Å²) in [6.45, 7) is 0. The van der Waals surface area contributed by atoms with Crippen LogP contribution in [0.15, 0.2) is 35.3 Å². The third kappa shape index (κ3) is 0.993. The smallest absolute Gasteiger partial charge is 0.253 e. The first-order valence-corrected chi connectivity index (χ1v) is 3.75. The van der Waals surface area contributed by atoms with Gasteiger partial charge >= 0.3 is 0 Å². The lowest BCUT2D eigenvalue weighted by molar-refractivity contribution is -0.729. The van der Waals surface area contributed by atoms with Crippen molar-refractivity contribution in [2.75, 3.05) is 0 Å². The molecule has 2 aromatic rings. The normalized spacial score (nSPS) is 10.4. The molecule has 0 aliphatic rings. The quantitative estimate of drug-likeness (QED) is 0.556. The minimum Gasteiger partial charge on any atom is -0.282 e. The van der Waals surface area contributed by atoms with Gasteiger partial charge in [0.1, 0.15) is 5.52 Å². The highest BCUT2D eigenvalue weighted by atomic mass is 16.1. The lowest BCUT2D eigenvalue weighted by atomic mass is 10.2. The van der Waals surface area contributed by atoms with Crippen LogP contribution < -0.4 is 10.1 Å². The van der Waals surface area contributed by atoms with Gasteiger partial charge in [0.15, 0.2) is 7.05 Å². The summed E-state index contributed by atoms with van der Waals surface area (Å²) < 4.78 is 1.66. The zero-order chi connectivity index (χ0) is 8.55. The highest BCUT2D eigenvalue weighted by Crippen LogP contribution is 2.01. The van der Waals surface area contributed by atoms with Crippen LogP contribution in [0.25, 0.3) is 10.9 Å². The van der Waals surface area contributed by atoms with Gasteiger partial charge < -0.3 is 0 Å². The first-order chi connectivity index (χ1) is 5.77. The minimum absolute atomic E-state index is 0.0480. The maximum atomic E-state index is 11.4. The molecule has 1 N–H and O–H groups in total. The van der Waals surface area contributed by atoms with Crippen molar-refractivity contribution in [3.8, 4) is 0 Å². The Labute approximate surface area is 69.3 Å². The predicted octanol–water partition coefficient (Wildman–Crippen LogP) is 0.353. The molecule has 0 aliphatic heterocycles. The van der Waals surface area contributed by atoms with Crippen molar-refractivity contribution in [3.05, 3.63) is 40.7 Å². The fourth-order valence-electron chi connectivity index (χ4n) is 1.26. The summed E-state index contributed by atoms with van der Waals surface area (Å²) in [7, 11) is 1.80. The van der Waals surface area contributed by atoms with Gasteiger partial charge in [-0.15, -0.1) is 4.68 Å². The Bertz CT molecular complexity index is 473. The highest BCUT2D eigenvalue weighted by molar-refractivity contribution is 5.76. The standard InChI is InChI=1S/C9H8N2O/c1-11-6-9(12)7-4-2-3-5-8(7)10-11/h2-6H,1H3/p+1. The Balaban J connectivity index is 2.99. The van der Waals surface area contributed by atoms with Gasteiger partial charge in [0.2, 0.25) is 6.20 Å². The number of fused-ring (bicyclic) bond motifs is 1. The summed E-state index contributed by atoms with van der Waals surface area (Å²) in [5.41, 5.74) is 0.916. The zero-order valence-corrected chi connectivity index (χ0v) is 6.74. The van der Waals surface area contributed by atoms with Gasteiger partial charge in [0.05, 0.1) is 5.39 Å². The number of hydrogen-bond acceptors (Lipinski definition) is 1. The lowest BCUT2D eigenvalue weighted by Crippen LogP contribution is -2.36. The Kier molecular flexibility index (Phi) is 1.43. The molecular weight excluding hydrogens is 152 g/mol. The second-order valence-electron chi connectivity index (χ2n) is 2.76. The molecule has 0 bridgehead atoms. The molecule has 0 unspecified atom stereocenters. The average molecular weight is 161 g/mol. The van der Waals surface area contributed by atoms with Crippen molar-refractivity contribution in [2.24, 2.45) is 7.05 Å². The van der Waals surface area contributed by atoms with E-state index >= 15 is 0 Å². The topological polar surface area (TPSA) is 36.7 Å². The van der Waals surface area contributed by atoms with Crippen LogP contribution in [0.3, 0.4) is 0 Å².